The number of methoxy groups -OCH3 is 1. The first-order valence-corrected chi connectivity index (χ1v) is 12.0. The lowest BCUT2D eigenvalue weighted by atomic mass is 10.0. The van der Waals surface area contributed by atoms with E-state index in [1.165, 1.54) is 19.2 Å². The summed E-state index contributed by atoms with van der Waals surface area (Å²) in [6.07, 6.45) is 0.243. The smallest absolute Gasteiger partial charge is 0.350 e. The van der Waals surface area contributed by atoms with Gasteiger partial charge in [-0.15, -0.1) is 0 Å². The number of esters is 2. The molecule has 1 aliphatic heterocycles. The molecule has 0 aliphatic carbocycles. The summed E-state index contributed by atoms with van der Waals surface area (Å²) in [6.45, 7) is 5.61. The third-order valence-electron chi connectivity index (χ3n) is 4.83. The molecule has 2 heterocycles. The predicted octanol–water partition coefficient (Wildman–Crippen LogP) is 2.19. The fourth-order valence-electron chi connectivity index (χ4n) is 3.11. The second-order valence-corrected chi connectivity index (χ2v) is 8.71. The van der Waals surface area contributed by atoms with E-state index in [1.54, 1.807) is 19.9 Å². The zero-order valence-corrected chi connectivity index (χ0v) is 21.1. The number of benzene rings is 1. The zero-order chi connectivity index (χ0) is 26.2. The van der Waals surface area contributed by atoms with E-state index in [-0.39, 0.29) is 29.2 Å². The largest absolute Gasteiger partial charge is 0.465 e. The van der Waals surface area contributed by atoms with Gasteiger partial charge in [0.2, 0.25) is 5.91 Å². The Hall–Kier alpha value is -3.84. The number of hydrogen-bond donors (Lipinski definition) is 3. The Morgan fingerprint density at radius 2 is 1.92 bits per heavy atom. The quantitative estimate of drug-likeness (QED) is 0.402. The van der Waals surface area contributed by atoms with Crippen LogP contribution in [0.2, 0.25) is 0 Å². The number of anilines is 1. The molecule has 192 valence electrons. The van der Waals surface area contributed by atoms with Crippen LogP contribution in [0.4, 0.5) is 5.13 Å². The van der Waals surface area contributed by atoms with Gasteiger partial charge in [0.05, 0.1) is 25.0 Å². The molecule has 3 rings (SSSR count). The van der Waals surface area contributed by atoms with Crippen molar-refractivity contribution in [3.05, 3.63) is 45.5 Å². The van der Waals surface area contributed by atoms with E-state index < -0.39 is 30.0 Å². The molecule has 0 bridgehead atoms. The summed E-state index contributed by atoms with van der Waals surface area (Å²) in [5.74, 6) is -1.61. The number of thiazole rings is 1. The molecule has 0 saturated heterocycles. The second-order valence-electron chi connectivity index (χ2n) is 7.71. The highest BCUT2D eigenvalue weighted by Gasteiger charge is 2.21. The van der Waals surface area contributed by atoms with Gasteiger partial charge in [-0.25, -0.2) is 29.9 Å². The first-order valence-electron chi connectivity index (χ1n) is 11.2. The molecule has 1 aliphatic rings. The van der Waals surface area contributed by atoms with Crippen LogP contribution in [-0.4, -0.2) is 61.1 Å². The Kier molecular flexibility index (Phi) is 9.08. The number of aliphatic imine (C=N–C) groups is 1. The number of rotatable bonds is 10. The van der Waals surface area contributed by atoms with Crippen molar-refractivity contribution < 1.29 is 33.5 Å². The van der Waals surface area contributed by atoms with E-state index in [0.29, 0.717) is 35.0 Å². The number of aryl methyl sites for hydroxylation is 1. The molecule has 1 aromatic carbocycles. The molecule has 12 nitrogen and oxygen atoms in total. The molecule has 36 heavy (non-hydrogen) atoms. The Balaban J connectivity index is 1.60. The Labute approximate surface area is 211 Å². The molecule has 1 aromatic heterocycles. The van der Waals surface area contributed by atoms with Crippen LogP contribution in [-0.2, 0) is 19.1 Å². The van der Waals surface area contributed by atoms with Gasteiger partial charge in [0.15, 0.2) is 17.2 Å². The van der Waals surface area contributed by atoms with E-state index in [1.807, 2.05) is 6.92 Å². The van der Waals surface area contributed by atoms with Crippen molar-refractivity contribution in [2.24, 2.45) is 4.99 Å². The van der Waals surface area contributed by atoms with Crippen molar-refractivity contribution in [2.45, 2.75) is 39.8 Å². The third kappa shape index (κ3) is 6.86. The summed E-state index contributed by atoms with van der Waals surface area (Å²) >= 11 is 1.03. The van der Waals surface area contributed by atoms with Crippen LogP contribution in [0, 0.1) is 6.92 Å². The number of aromatic nitrogens is 1. The predicted molar refractivity (Wildman–Crippen MR) is 131 cm³/mol. The number of hydrogen-bond acceptors (Lipinski definition) is 11. The standard InChI is InChI=1S/C23H27N5O7S/c1-5-8-34-22(32)18-12(2)25-23(36-18)27-17(29)6-7-24-20(30)15-9-14(19-26-13(3)35-28-19)10-16(11-15)21(31)33-4/h9-11,13H,5-8H2,1-4H3,(H,24,30)(H,26,28)(H,25,27,29). The van der Waals surface area contributed by atoms with Crippen LogP contribution in [0.25, 0.3) is 0 Å². The van der Waals surface area contributed by atoms with Gasteiger partial charge in [-0.3, -0.25) is 9.59 Å². The number of amides is 2. The maximum Gasteiger partial charge on any atom is 0.350 e. The number of ether oxygens (including phenoxy) is 2. The molecular weight excluding hydrogens is 490 g/mol. The maximum atomic E-state index is 12.7. The van der Waals surface area contributed by atoms with Crippen LogP contribution in [0.1, 0.15) is 68.3 Å². The van der Waals surface area contributed by atoms with Gasteiger partial charge in [-0.05, 0) is 38.5 Å². The molecule has 1 atom stereocenters. The highest BCUT2D eigenvalue weighted by atomic mass is 32.1. The monoisotopic (exact) mass is 517 g/mol. The molecule has 0 radical (unpaired) electrons. The average Bonchev–Trinajstić information content (AvgIpc) is 3.46. The molecule has 0 spiro atoms. The molecule has 1 unspecified atom stereocenters. The summed E-state index contributed by atoms with van der Waals surface area (Å²) in [5, 5.41) is 5.54. The molecule has 0 fully saturated rings. The molecule has 0 saturated carbocycles. The summed E-state index contributed by atoms with van der Waals surface area (Å²) in [6, 6.07) is 4.47. The van der Waals surface area contributed by atoms with Gasteiger partial charge in [-0.2, -0.15) is 0 Å². The first kappa shape index (κ1) is 26.8. The van der Waals surface area contributed by atoms with Crippen LogP contribution >= 0.6 is 11.3 Å². The Morgan fingerprint density at radius 1 is 1.17 bits per heavy atom. The van der Waals surface area contributed by atoms with Crippen LogP contribution in [0.15, 0.2) is 23.2 Å². The lowest BCUT2D eigenvalue weighted by molar-refractivity contribution is -0.116. The van der Waals surface area contributed by atoms with Gasteiger partial charge in [0.1, 0.15) is 4.88 Å². The lowest BCUT2D eigenvalue weighted by Gasteiger charge is -2.10. The number of nitrogens with zero attached hydrogens (tertiary/aromatic N) is 2. The van der Waals surface area contributed by atoms with Crippen molar-refractivity contribution in [3.63, 3.8) is 0 Å². The molecule has 2 amide bonds. The highest BCUT2D eigenvalue weighted by molar-refractivity contribution is 7.17. The number of carbonyl (C=O) groups excluding carboxylic acids is 4. The SMILES string of the molecule is CCCOC(=O)c1sc(NC(=O)CCNC(=O)c2cc(C(=O)OC)cc(C3=NC(C)ON3)c2)nc1C. The van der Waals surface area contributed by atoms with Crippen LogP contribution < -0.4 is 16.1 Å². The van der Waals surface area contributed by atoms with Crippen molar-refractivity contribution in [3.8, 4) is 0 Å². The topological polar surface area (TPSA) is 157 Å². The van der Waals surface area contributed by atoms with E-state index in [2.05, 4.69) is 26.1 Å². The van der Waals surface area contributed by atoms with Crippen molar-refractivity contribution in [1.29, 1.82) is 0 Å². The summed E-state index contributed by atoms with van der Waals surface area (Å²) in [5.41, 5.74) is 3.94. The second kappa shape index (κ2) is 12.2. The first-order chi connectivity index (χ1) is 17.2. The summed E-state index contributed by atoms with van der Waals surface area (Å²) in [4.78, 5) is 63.2. The van der Waals surface area contributed by atoms with Gasteiger partial charge in [-0.1, -0.05) is 18.3 Å². The summed E-state index contributed by atoms with van der Waals surface area (Å²) < 4.78 is 9.88. The van der Waals surface area contributed by atoms with Gasteiger partial charge >= 0.3 is 11.9 Å². The van der Waals surface area contributed by atoms with Crippen LogP contribution in [0.5, 0.6) is 0 Å². The minimum Gasteiger partial charge on any atom is -0.465 e. The zero-order valence-electron chi connectivity index (χ0n) is 20.3. The van der Waals surface area contributed by atoms with Gasteiger partial charge < -0.3 is 20.1 Å². The number of hydroxylamine groups is 1. The van der Waals surface area contributed by atoms with E-state index >= 15 is 0 Å². The van der Waals surface area contributed by atoms with Crippen molar-refractivity contribution >= 4 is 46.1 Å². The van der Waals surface area contributed by atoms with Crippen molar-refractivity contribution in [1.82, 2.24) is 15.8 Å². The van der Waals surface area contributed by atoms with E-state index in [4.69, 9.17) is 14.3 Å². The molecular formula is C23H27N5O7S. The van der Waals surface area contributed by atoms with E-state index in [9.17, 15) is 19.2 Å². The summed E-state index contributed by atoms with van der Waals surface area (Å²) in [7, 11) is 1.24. The minimum absolute atomic E-state index is 0.0253. The molecule has 3 N–H and O–H groups in total. The number of nitrogens with one attached hydrogen (secondary N) is 3. The van der Waals surface area contributed by atoms with Crippen molar-refractivity contribution in [2.75, 3.05) is 25.6 Å². The average molecular weight is 518 g/mol. The highest BCUT2D eigenvalue weighted by Crippen LogP contribution is 2.23. The Bertz CT molecular complexity index is 1190. The van der Waals surface area contributed by atoms with Gasteiger partial charge in [0, 0.05) is 24.1 Å². The lowest BCUT2D eigenvalue weighted by Crippen LogP contribution is -2.28. The molecule has 13 heteroatoms. The Morgan fingerprint density at radius 3 is 2.58 bits per heavy atom. The van der Waals surface area contributed by atoms with Gasteiger partial charge in [0.25, 0.3) is 5.91 Å². The third-order valence-corrected chi connectivity index (χ3v) is 5.88. The number of carbonyl (C=O) groups is 4. The fraction of sp³-hybridized carbons (Fsp3) is 0.391. The number of amidine groups is 1. The fourth-order valence-corrected chi connectivity index (χ4v) is 3.99. The minimum atomic E-state index is -0.616. The van der Waals surface area contributed by atoms with E-state index in [0.717, 1.165) is 11.3 Å². The maximum absolute atomic E-state index is 12.7. The van der Waals surface area contributed by atoms with Crippen LogP contribution in [0.3, 0.4) is 0 Å². The molecule has 2 aromatic rings. The normalized spacial score (nSPS) is 14.4.